The van der Waals surface area contributed by atoms with E-state index in [1.165, 1.54) is 18.4 Å². The van der Waals surface area contributed by atoms with E-state index in [2.05, 4.69) is 39.0 Å². The first-order chi connectivity index (χ1) is 14.0. The molecule has 2 rings (SSSR count). The molecular formula is C26H38O3. The summed E-state index contributed by atoms with van der Waals surface area (Å²) in [7, 11) is 0. The Hall–Kier alpha value is -1.84. The van der Waals surface area contributed by atoms with Gasteiger partial charge in [0.2, 0.25) is 0 Å². The molecule has 1 unspecified atom stereocenters. The number of rotatable bonds is 13. The Morgan fingerprint density at radius 1 is 0.931 bits per heavy atom. The molecule has 3 heteroatoms. The average molecular weight is 399 g/mol. The van der Waals surface area contributed by atoms with Crippen molar-refractivity contribution in [2.45, 2.75) is 90.4 Å². The summed E-state index contributed by atoms with van der Waals surface area (Å²) in [6, 6.07) is 16.2. The maximum absolute atomic E-state index is 10.4. The van der Waals surface area contributed by atoms with Crippen molar-refractivity contribution < 1.29 is 14.9 Å². The molecule has 2 N–H and O–H groups in total. The molecule has 0 bridgehead atoms. The van der Waals surface area contributed by atoms with Crippen molar-refractivity contribution in [1.29, 1.82) is 0 Å². The van der Waals surface area contributed by atoms with E-state index in [-0.39, 0.29) is 6.61 Å². The van der Waals surface area contributed by atoms with Crippen LogP contribution in [0, 0.1) is 0 Å². The lowest BCUT2D eigenvalue weighted by Crippen LogP contribution is -2.26. The fraction of sp³-hybridized carbons (Fsp3) is 0.538. The summed E-state index contributed by atoms with van der Waals surface area (Å²) in [5.74, 6) is 1.38. The largest absolute Gasteiger partial charge is 0.489 e. The number of ether oxygens (including phenoxy) is 1. The summed E-state index contributed by atoms with van der Waals surface area (Å²) in [5, 5.41) is 19.6. The first kappa shape index (κ1) is 23.4. The van der Waals surface area contributed by atoms with Gasteiger partial charge in [-0.2, -0.15) is 0 Å². The van der Waals surface area contributed by atoms with E-state index >= 15 is 0 Å². The molecule has 1 atom stereocenters. The summed E-state index contributed by atoms with van der Waals surface area (Å²) in [5.41, 5.74) is 2.82. The third kappa shape index (κ3) is 7.83. The molecule has 2 aromatic rings. The Kier molecular flexibility index (Phi) is 9.69. The standard InChI is InChI=1S/C26H38O3/c1-4-26(28,5-2)16-8-6-7-11-21(3)24-14-10-15-25(18-24)29-20-23-13-9-12-22(17-23)19-27/h9-10,12-15,17-18,21,27-28H,4-8,11,16,19-20H2,1-3H3. The summed E-state index contributed by atoms with van der Waals surface area (Å²) < 4.78 is 5.98. The SMILES string of the molecule is CCC(O)(CC)CCCCCC(C)c1cccc(OCc2cccc(CO)c2)c1. The molecule has 0 saturated heterocycles. The van der Waals surface area contributed by atoms with Crippen molar-refractivity contribution in [2.24, 2.45) is 0 Å². The van der Waals surface area contributed by atoms with Crippen LogP contribution in [0.5, 0.6) is 5.75 Å². The van der Waals surface area contributed by atoms with Gasteiger partial charge in [0.15, 0.2) is 0 Å². The monoisotopic (exact) mass is 398 g/mol. The van der Waals surface area contributed by atoms with E-state index in [0.29, 0.717) is 12.5 Å². The van der Waals surface area contributed by atoms with Crippen LogP contribution < -0.4 is 4.74 Å². The summed E-state index contributed by atoms with van der Waals surface area (Å²) in [6.45, 7) is 6.98. The highest BCUT2D eigenvalue weighted by atomic mass is 16.5. The van der Waals surface area contributed by atoms with Crippen LogP contribution in [-0.4, -0.2) is 15.8 Å². The molecule has 160 valence electrons. The molecule has 0 fully saturated rings. The van der Waals surface area contributed by atoms with Gasteiger partial charge in [0, 0.05) is 0 Å². The number of hydrogen-bond acceptors (Lipinski definition) is 3. The molecule has 0 aliphatic rings. The summed E-state index contributed by atoms with van der Waals surface area (Å²) in [6.07, 6.45) is 7.20. The second-order valence-electron chi connectivity index (χ2n) is 8.27. The van der Waals surface area contributed by atoms with Crippen molar-refractivity contribution in [3.05, 3.63) is 65.2 Å². The lowest BCUT2D eigenvalue weighted by Gasteiger charge is -2.25. The Labute approximate surface area is 176 Å². The zero-order valence-corrected chi connectivity index (χ0v) is 18.4. The Morgan fingerprint density at radius 3 is 2.38 bits per heavy atom. The van der Waals surface area contributed by atoms with Crippen LogP contribution in [0.4, 0.5) is 0 Å². The highest BCUT2D eigenvalue weighted by Crippen LogP contribution is 2.27. The van der Waals surface area contributed by atoms with Gasteiger partial charge in [-0.05, 0) is 60.4 Å². The molecular weight excluding hydrogens is 360 g/mol. The van der Waals surface area contributed by atoms with Gasteiger partial charge >= 0.3 is 0 Å². The van der Waals surface area contributed by atoms with Gasteiger partial charge in [-0.1, -0.05) is 76.4 Å². The molecule has 0 saturated carbocycles. The first-order valence-electron chi connectivity index (χ1n) is 11.1. The number of unbranched alkanes of at least 4 members (excludes halogenated alkanes) is 2. The van der Waals surface area contributed by atoms with Gasteiger partial charge in [0.05, 0.1) is 12.2 Å². The third-order valence-corrected chi connectivity index (χ3v) is 6.10. The van der Waals surface area contributed by atoms with Crippen molar-refractivity contribution >= 4 is 0 Å². The number of aliphatic hydroxyl groups excluding tert-OH is 1. The molecule has 0 radical (unpaired) electrons. The maximum Gasteiger partial charge on any atom is 0.120 e. The Balaban J connectivity index is 1.79. The van der Waals surface area contributed by atoms with Crippen molar-refractivity contribution in [1.82, 2.24) is 0 Å². The van der Waals surface area contributed by atoms with Gasteiger partial charge < -0.3 is 14.9 Å². The lowest BCUT2D eigenvalue weighted by molar-refractivity contribution is 0.0211. The highest BCUT2D eigenvalue weighted by molar-refractivity contribution is 5.31. The van der Waals surface area contributed by atoms with Gasteiger partial charge in [-0.25, -0.2) is 0 Å². The Morgan fingerprint density at radius 2 is 1.66 bits per heavy atom. The van der Waals surface area contributed by atoms with Crippen LogP contribution in [0.2, 0.25) is 0 Å². The van der Waals surface area contributed by atoms with E-state index in [1.807, 2.05) is 30.3 Å². The molecule has 0 amide bonds. The first-order valence-corrected chi connectivity index (χ1v) is 11.1. The van der Waals surface area contributed by atoms with Crippen LogP contribution in [0.1, 0.15) is 88.3 Å². The summed E-state index contributed by atoms with van der Waals surface area (Å²) >= 11 is 0. The van der Waals surface area contributed by atoms with Gasteiger partial charge in [-0.3, -0.25) is 0 Å². The van der Waals surface area contributed by atoms with E-state index < -0.39 is 5.60 Å². The predicted octanol–water partition coefficient (Wildman–Crippen LogP) is 6.36. The molecule has 0 aliphatic heterocycles. The predicted molar refractivity (Wildman–Crippen MR) is 120 cm³/mol. The fourth-order valence-electron chi connectivity index (χ4n) is 3.75. The second kappa shape index (κ2) is 12.0. The molecule has 0 spiro atoms. The van der Waals surface area contributed by atoms with Crippen LogP contribution in [0.15, 0.2) is 48.5 Å². The number of aliphatic hydroxyl groups is 2. The van der Waals surface area contributed by atoms with E-state index in [1.54, 1.807) is 0 Å². The normalized spacial score (nSPS) is 12.7. The number of hydrogen-bond donors (Lipinski definition) is 2. The minimum Gasteiger partial charge on any atom is -0.489 e. The van der Waals surface area contributed by atoms with Crippen molar-refractivity contribution in [2.75, 3.05) is 0 Å². The molecule has 2 aromatic carbocycles. The summed E-state index contributed by atoms with van der Waals surface area (Å²) in [4.78, 5) is 0. The zero-order valence-electron chi connectivity index (χ0n) is 18.4. The Bertz CT molecular complexity index is 721. The number of benzene rings is 2. The van der Waals surface area contributed by atoms with E-state index in [9.17, 15) is 10.2 Å². The maximum atomic E-state index is 10.4. The van der Waals surface area contributed by atoms with Gasteiger partial charge in [0.1, 0.15) is 12.4 Å². The fourth-order valence-corrected chi connectivity index (χ4v) is 3.75. The highest BCUT2D eigenvalue weighted by Gasteiger charge is 2.20. The van der Waals surface area contributed by atoms with Crippen LogP contribution in [0.25, 0.3) is 0 Å². The van der Waals surface area contributed by atoms with E-state index in [0.717, 1.165) is 49.0 Å². The minimum atomic E-state index is -0.464. The zero-order chi connectivity index (χ0) is 21.1. The van der Waals surface area contributed by atoms with Gasteiger partial charge in [0.25, 0.3) is 0 Å². The van der Waals surface area contributed by atoms with Crippen LogP contribution in [0.3, 0.4) is 0 Å². The average Bonchev–Trinajstić information content (AvgIpc) is 2.77. The molecule has 0 aromatic heterocycles. The molecule has 29 heavy (non-hydrogen) atoms. The van der Waals surface area contributed by atoms with E-state index in [4.69, 9.17) is 4.74 Å². The lowest BCUT2D eigenvalue weighted by atomic mass is 9.89. The molecule has 0 aliphatic carbocycles. The van der Waals surface area contributed by atoms with Gasteiger partial charge in [-0.15, -0.1) is 0 Å². The topological polar surface area (TPSA) is 49.7 Å². The van der Waals surface area contributed by atoms with Crippen molar-refractivity contribution in [3.63, 3.8) is 0 Å². The third-order valence-electron chi connectivity index (χ3n) is 6.10. The molecule has 3 nitrogen and oxygen atoms in total. The molecule has 0 heterocycles. The smallest absolute Gasteiger partial charge is 0.120 e. The minimum absolute atomic E-state index is 0.0526. The quantitative estimate of drug-likeness (QED) is 0.386. The van der Waals surface area contributed by atoms with Crippen molar-refractivity contribution in [3.8, 4) is 5.75 Å². The van der Waals surface area contributed by atoms with Crippen LogP contribution in [-0.2, 0) is 13.2 Å². The second-order valence-corrected chi connectivity index (χ2v) is 8.27. The van der Waals surface area contributed by atoms with Crippen LogP contribution >= 0.6 is 0 Å².